The smallest absolute Gasteiger partial charge is 0.151 e. The van der Waals surface area contributed by atoms with E-state index in [0.717, 1.165) is 16.3 Å². The third-order valence-corrected chi connectivity index (χ3v) is 5.42. The van der Waals surface area contributed by atoms with Gasteiger partial charge in [0, 0.05) is 22.7 Å². The summed E-state index contributed by atoms with van der Waals surface area (Å²) in [5.41, 5.74) is 6.92. The molecule has 3 nitrogen and oxygen atoms in total. The van der Waals surface area contributed by atoms with Crippen molar-refractivity contribution in [1.82, 2.24) is 0 Å². The standard InChI is InChI=1S/C14H16ClNO2S/c1-9(19(2,17)18)14(16)12-7-8-13(15)11-6-4-3-5-10(11)12/h3-9,14H,16H2,1-2H3. The molecule has 2 rings (SSSR count). The predicted molar refractivity (Wildman–Crippen MR) is 80.2 cm³/mol. The van der Waals surface area contributed by atoms with Gasteiger partial charge in [-0.15, -0.1) is 0 Å². The highest BCUT2D eigenvalue weighted by Gasteiger charge is 2.25. The number of benzene rings is 2. The minimum Gasteiger partial charge on any atom is -0.323 e. The summed E-state index contributed by atoms with van der Waals surface area (Å²) in [7, 11) is -3.19. The molecular weight excluding hydrogens is 282 g/mol. The third-order valence-electron chi connectivity index (χ3n) is 3.44. The van der Waals surface area contributed by atoms with Gasteiger partial charge >= 0.3 is 0 Å². The highest BCUT2D eigenvalue weighted by molar-refractivity contribution is 7.91. The monoisotopic (exact) mass is 297 g/mol. The van der Waals surface area contributed by atoms with Gasteiger partial charge in [0.05, 0.1) is 5.25 Å². The van der Waals surface area contributed by atoms with E-state index in [0.29, 0.717) is 5.02 Å². The molecule has 0 aromatic heterocycles. The zero-order valence-electron chi connectivity index (χ0n) is 10.8. The van der Waals surface area contributed by atoms with Crippen LogP contribution < -0.4 is 5.73 Å². The summed E-state index contributed by atoms with van der Waals surface area (Å²) in [6.45, 7) is 1.63. The molecule has 5 heteroatoms. The molecule has 0 spiro atoms. The van der Waals surface area contributed by atoms with Crippen LogP contribution in [0.1, 0.15) is 18.5 Å². The summed E-state index contributed by atoms with van der Waals surface area (Å²) in [5, 5.41) is 1.78. The first kappa shape index (κ1) is 14.3. The molecular formula is C14H16ClNO2S. The van der Waals surface area contributed by atoms with E-state index in [1.807, 2.05) is 24.3 Å². The van der Waals surface area contributed by atoms with Crippen molar-refractivity contribution in [2.75, 3.05) is 6.26 Å². The van der Waals surface area contributed by atoms with Gasteiger partial charge in [0.15, 0.2) is 9.84 Å². The Balaban J connectivity index is 2.61. The van der Waals surface area contributed by atoms with E-state index in [2.05, 4.69) is 0 Å². The zero-order chi connectivity index (χ0) is 14.2. The first-order valence-corrected chi connectivity index (χ1v) is 8.27. The fourth-order valence-corrected chi connectivity index (χ4v) is 3.00. The molecule has 0 heterocycles. The van der Waals surface area contributed by atoms with E-state index < -0.39 is 21.1 Å². The molecule has 0 aliphatic heterocycles. The summed E-state index contributed by atoms with van der Waals surface area (Å²) in [4.78, 5) is 0. The molecule has 0 amide bonds. The van der Waals surface area contributed by atoms with E-state index in [1.54, 1.807) is 19.1 Å². The summed E-state index contributed by atoms with van der Waals surface area (Å²) < 4.78 is 23.3. The maximum atomic E-state index is 11.6. The fraction of sp³-hybridized carbons (Fsp3) is 0.286. The van der Waals surface area contributed by atoms with E-state index in [-0.39, 0.29) is 0 Å². The number of halogens is 1. The Kier molecular flexibility index (Phi) is 3.85. The normalized spacial score (nSPS) is 15.4. The Labute approximate surface area is 118 Å². The highest BCUT2D eigenvalue weighted by Crippen LogP contribution is 2.31. The second-order valence-corrected chi connectivity index (χ2v) is 7.55. The number of hydrogen-bond acceptors (Lipinski definition) is 3. The average molecular weight is 298 g/mol. The molecule has 2 atom stereocenters. The molecule has 19 heavy (non-hydrogen) atoms. The number of fused-ring (bicyclic) bond motifs is 1. The lowest BCUT2D eigenvalue weighted by atomic mass is 9.97. The van der Waals surface area contributed by atoms with Gasteiger partial charge in [-0.2, -0.15) is 0 Å². The van der Waals surface area contributed by atoms with Crippen LogP contribution >= 0.6 is 11.6 Å². The topological polar surface area (TPSA) is 60.2 Å². The van der Waals surface area contributed by atoms with Crippen molar-refractivity contribution in [3.8, 4) is 0 Å². The maximum absolute atomic E-state index is 11.6. The van der Waals surface area contributed by atoms with Crippen molar-refractivity contribution < 1.29 is 8.42 Å². The predicted octanol–water partition coefficient (Wildman–Crippen LogP) is 2.93. The number of rotatable bonds is 3. The Morgan fingerprint density at radius 1 is 1.11 bits per heavy atom. The quantitative estimate of drug-likeness (QED) is 0.947. The maximum Gasteiger partial charge on any atom is 0.151 e. The van der Waals surface area contributed by atoms with Crippen LogP contribution in [0.5, 0.6) is 0 Å². The van der Waals surface area contributed by atoms with Gasteiger partial charge < -0.3 is 5.73 Å². The summed E-state index contributed by atoms with van der Waals surface area (Å²) in [6, 6.07) is 10.6. The van der Waals surface area contributed by atoms with E-state index in [1.165, 1.54) is 6.26 Å². The van der Waals surface area contributed by atoms with Crippen LogP contribution in [-0.2, 0) is 9.84 Å². The van der Waals surface area contributed by atoms with Crippen LogP contribution in [0.25, 0.3) is 10.8 Å². The van der Waals surface area contributed by atoms with Crippen molar-refractivity contribution >= 4 is 32.2 Å². The van der Waals surface area contributed by atoms with Gasteiger partial charge in [-0.05, 0) is 23.9 Å². The van der Waals surface area contributed by atoms with E-state index >= 15 is 0 Å². The highest BCUT2D eigenvalue weighted by atomic mass is 35.5. The van der Waals surface area contributed by atoms with E-state index in [4.69, 9.17) is 17.3 Å². The summed E-state index contributed by atoms with van der Waals surface area (Å²) >= 11 is 6.14. The summed E-state index contributed by atoms with van der Waals surface area (Å²) in [5.74, 6) is 0. The van der Waals surface area contributed by atoms with Gasteiger partial charge in [-0.1, -0.05) is 41.9 Å². The molecule has 2 unspecified atom stereocenters. The molecule has 2 aromatic rings. The van der Waals surface area contributed by atoms with Crippen LogP contribution in [0, 0.1) is 0 Å². The first-order chi connectivity index (χ1) is 8.82. The van der Waals surface area contributed by atoms with Crippen molar-refractivity contribution in [2.24, 2.45) is 5.73 Å². The number of nitrogens with two attached hydrogens (primary N) is 1. The Morgan fingerprint density at radius 2 is 1.68 bits per heavy atom. The van der Waals surface area contributed by atoms with Gasteiger partial charge in [0.1, 0.15) is 0 Å². The molecule has 0 aliphatic carbocycles. The van der Waals surface area contributed by atoms with Crippen molar-refractivity contribution in [1.29, 1.82) is 0 Å². The van der Waals surface area contributed by atoms with Gasteiger partial charge in [-0.3, -0.25) is 0 Å². The molecule has 0 aliphatic rings. The Bertz CT molecular complexity index is 712. The first-order valence-electron chi connectivity index (χ1n) is 5.94. The van der Waals surface area contributed by atoms with Gasteiger partial charge in [0.2, 0.25) is 0 Å². The number of sulfone groups is 1. The molecule has 0 radical (unpaired) electrons. The third kappa shape index (κ3) is 2.76. The second-order valence-electron chi connectivity index (χ2n) is 4.74. The molecule has 102 valence electrons. The van der Waals surface area contributed by atoms with Gasteiger partial charge in [0.25, 0.3) is 0 Å². The molecule has 2 aromatic carbocycles. The van der Waals surface area contributed by atoms with E-state index in [9.17, 15) is 8.42 Å². The van der Waals surface area contributed by atoms with Crippen molar-refractivity contribution in [3.05, 3.63) is 47.0 Å². The van der Waals surface area contributed by atoms with Crippen molar-refractivity contribution in [3.63, 3.8) is 0 Å². The van der Waals surface area contributed by atoms with Crippen molar-refractivity contribution in [2.45, 2.75) is 18.2 Å². The van der Waals surface area contributed by atoms with Crippen LogP contribution in [0.2, 0.25) is 5.02 Å². The molecule has 0 bridgehead atoms. The molecule has 2 N–H and O–H groups in total. The SMILES string of the molecule is CC(C(N)c1ccc(Cl)c2ccccc12)S(C)(=O)=O. The van der Waals surface area contributed by atoms with Crippen LogP contribution in [0.15, 0.2) is 36.4 Å². The average Bonchev–Trinajstić information content (AvgIpc) is 2.37. The Morgan fingerprint density at radius 3 is 2.26 bits per heavy atom. The lowest BCUT2D eigenvalue weighted by Gasteiger charge is -2.20. The zero-order valence-corrected chi connectivity index (χ0v) is 12.4. The fourth-order valence-electron chi connectivity index (χ4n) is 2.10. The van der Waals surface area contributed by atoms with Crippen LogP contribution in [0.4, 0.5) is 0 Å². The molecule has 0 fully saturated rings. The minimum absolute atomic E-state index is 0.572. The van der Waals surface area contributed by atoms with Crippen LogP contribution in [0.3, 0.4) is 0 Å². The van der Waals surface area contributed by atoms with Crippen LogP contribution in [-0.4, -0.2) is 19.9 Å². The molecule has 0 saturated heterocycles. The largest absolute Gasteiger partial charge is 0.323 e. The number of hydrogen-bond donors (Lipinski definition) is 1. The molecule has 0 saturated carbocycles. The second kappa shape index (κ2) is 5.12. The Hall–Kier alpha value is -1.10. The van der Waals surface area contributed by atoms with Gasteiger partial charge in [-0.25, -0.2) is 8.42 Å². The summed E-state index contributed by atoms with van der Waals surface area (Å²) in [6.07, 6.45) is 1.20. The lowest BCUT2D eigenvalue weighted by molar-refractivity contribution is 0.571. The minimum atomic E-state index is -3.19. The lowest BCUT2D eigenvalue weighted by Crippen LogP contribution is -2.30.